The summed E-state index contributed by atoms with van der Waals surface area (Å²) in [6.45, 7) is 0. The fraction of sp³-hybridized carbons (Fsp3) is 0. The molecule has 31 heavy (non-hydrogen) atoms. The third-order valence-electron chi connectivity index (χ3n) is 5.28. The molecular formula is C24H17BN5P+. The molecule has 7 heteroatoms. The predicted molar refractivity (Wildman–Crippen MR) is 127 cm³/mol. The number of nitrogens with zero attached hydrogens (tertiary/aromatic N) is 5. The van der Waals surface area contributed by atoms with Crippen LogP contribution in [0, 0.1) is 11.2 Å². The zero-order valence-electron chi connectivity index (χ0n) is 16.6. The topological polar surface area (TPSA) is 67.4 Å². The lowest BCUT2D eigenvalue weighted by atomic mass is 9.99. The van der Waals surface area contributed by atoms with E-state index in [4.69, 9.17) is 4.98 Å². The molecule has 0 saturated heterocycles. The molecule has 0 aliphatic rings. The fourth-order valence-corrected chi connectivity index (χ4v) is 8.20. The lowest BCUT2D eigenvalue weighted by Gasteiger charge is -2.26. The largest absolute Gasteiger partial charge is 0.393 e. The van der Waals surface area contributed by atoms with Crippen molar-refractivity contribution in [3.63, 3.8) is 0 Å². The van der Waals surface area contributed by atoms with E-state index in [9.17, 15) is 5.26 Å². The van der Waals surface area contributed by atoms with Crippen molar-refractivity contribution in [1.29, 1.82) is 5.26 Å². The minimum absolute atomic E-state index is 0.624. The second-order valence-corrected chi connectivity index (χ2v) is 10.3. The van der Waals surface area contributed by atoms with Gasteiger partial charge >= 0.3 is 7.41 Å². The van der Waals surface area contributed by atoms with E-state index in [0.29, 0.717) is 11.2 Å². The van der Waals surface area contributed by atoms with Gasteiger partial charge in [0.25, 0.3) is 0 Å². The lowest BCUT2D eigenvalue weighted by Crippen LogP contribution is -2.40. The molecule has 0 saturated carbocycles. The van der Waals surface area contributed by atoms with Crippen molar-refractivity contribution in [2.45, 2.75) is 0 Å². The minimum atomic E-state index is -2.38. The number of aromatic nitrogens is 4. The molecule has 5 rings (SSSR count). The highest BCUT2D eigenvalue weighted by atomic mass is 31.2. The summed E-state index contributed by atoms with van der Waals surface area (Å²) in [5.41, 5.74) is 2.21. The number of hydrogen-bond donors (Lipinski definition) is 0. The quantitative estimate of drug-likeness (QED) is 0.326. The van der Waals surface area contributed by atoms with Gasteiger partial charge in [0.05, 0.1) is 6.33 Å². The van der Waals surface area contributed by atoms with Crippen molar-refractivity contribution >= 4 is 47.2 Å². The van der Waals surface area contributed by atoms with Crippen molar-refractivity contribution in [2.24, 2.45) is 0 Å². The van der Waals surface area contributed by atoms with Gasteiger partial charge in [-0.3, -0.25) is 0 Å². The van der Waals surface area contributed by atoms with Crippen LogP contribution in [0.15, 0.2) is 104 Å². The van der Waals surface area contributed by atoms with Gasteiger partial charge in [0.2, 0.25) is 5.44 Å². The normalized spacial score (nSPS) is 11.2. The number of rotatable bonds is 5. The maximum Gasteiger partial charge on any atom is 0.393 e. The smallest absolute Gasteiger partial charge is 0.349 e. The van der Waals surface area contributed by atoms with Crippen LogP contribution >= 0.6 is 7.26 Å². The summed E-state index contributed by atoms with van der Waals surface area (Å²) in [5.74, 6) is 2.06. The first kappa shape index (κ1) is 19.2. The van der Waals surface area contributed by atoms with Crippen LogP contribution < -0.4 is 21.3 Å². The molecule has 0 fully saturated rings. The summed E-state index contributed by atoms with van der Waals surface area (Å²) in [7, 11) is -0.978. The Morgan fingerprint density at radius 2 is 1.23 bits per heavy atom. The first-order chi connectivity index (χ1) is 15.4. The standard InChI is InChI=1S/C24H17BN5P/c26-16-25-30-18-29-22-23(30)27-17-28-24(22)31(19-10-4-1-5-11-19,20-12-6-2-7-13-20)21-14-8-3-9-15-21/h1-15,17-18H/q+1. The van der Waals surface area contributed by atoms with Crippen molar-refractivity contribution in [3.05, 3.63) is 104 Å². The molecule has 2 aromatic heterocycles. The Morgan fingerprint density at radius 1 is 0.710 bits per heavy atom. The van der Waals surface area contributed by atoms with Gasteiger partial charge in [-0.2, -0.15) is 4.98 Å². The molecule has 1 radical (unpaired) electrons. The molecule has 5 nitrogen and oxygen atoms in total. The Morgan fingerprint density at radius 3 is 1.71 bits per heavy atom. The number of fused-ring (bicyclic) bond motifs is 1. The third kappa shape index (κ3) is 3.11. The van der Waals surface area contributed by atoms with Gasteiger partial charge in [0.15, 0.2) is 18.4 Å². The molecule has 0 N–H and O–H groups in total. The number of benzene rings is 3. The Labute approximate surface area is 181 Å². The van der Waals surface area contributed by atoms with Crippen LogP contribution in [0.3, 0.4) is 0 Å². The first-order valence-electron chi connectivity index (χ1n) is 9.82. The van der Waals surface area contributed by atoms with E-state index in [1.165, 1.54) is 23.3 Å². The maximum atomic E-state index is 9.17. The first-order valence-corrected chi connectivity index (χ1v) is 11.6. The predicted octanol–water partition coefficient (Wildman–Crippen LogP) is 2.39. The van der Waals surface area contributed by atoms with Crippen LogP contribution in [0.4, 0.5) is 0 Å². The second kappa shape index (κ2) is 8.14. The zero-order valence-corrected chi connectivity index (χ0v) is 17.5. The Bertz CT molecular complexity index is 1270. The SMILES string of the molecule is N#C[B]n1cnc2c([P+](c3ccccc3)(c3ccccc3)c3ccccc3)ncnc21. The Hall–Kier alpha value is -3.81. The highest BCUT2D eigenvalue weighted by Crippen LogP contribution is 2.54. The van der Waals surface area contributed by atoms with E-state index >= 15 is 0 Å². The van der Waals surface area contributed by atoms with Crippen molar-refractivity contribution in [2.75, 3.05) is 0 Å². The summed E-state index contributed by atoms with van der Waals surface area (Å²) in [5, 5.41) is 12.7. The Kier molecular flexibility index (Phi) is 5.04. The molecule has 0 spiro atoms. The Balaban J connectivity index is 1.95. The number of hydrogen-bond acceptors (Lipinski definition) is 4. The van der Waals surface area contributed by atoms with Crippen LogP contribution in [-0.2, 0) is 0 Å². The van der Waals surface area contributed by atoms with Gasteiger partial charge in [-0.15, -0.1) is 0 Å². The fourth-order valence-electron chi connectivity index (χ4n) is 4.01. The molecular weight excluding hydrogens is 400 g/mol. The molecule has 0 atom stereocenters. The molecule has 0 aliphatic carbocycles. The van der Waals surface area contributed by atoms with Crippen molar-refractivity contribution in [3.8, 4) is 5.97 Å². The number of nitriles is 1. The molecule has 2 heterocycles. The van der Waals surface area contributed by atoms with E-state index in [1.807, 2.05) is 18.2 Å². The van der Waals surface area contributed by atoms with Crippen LogP contribution in [0.2, 0.25) is 0 Å². The molecule has 5 aromatic rings. The highest BCUT2D eigenvalue weighted by Gasteiger charge is 2.51. The van der Waals surface area contributed by atoms with E-state index in [0.717, 1.165) is 5.44 Å². The third-order valence-corrected chi connectivity index (χ3v) is 9.47. The molecule has 0 amide bonds. The van der Waals surface area contributed by atoms with E-state index in [2.05, 4.69) is 88.7 Å². The maximum absolute atomic E-state index is 9.17. The summed E-state index contributed by atoms with van der Waals surface area (Å²) in [6, 6.07) is 31.5. The summed E-state index contributed by atoms with van der Waals surface area (Å²) in [6.07, 6.45) is 3.20. The van der Waals surface area contributed by atoms with Gasteiger partial charge < -0.3 is 4.48 Å². The van der Waals surface area contributed by atoms with Gasteiger partial charge in [-0.05, 0) is 36.4 Å². The average Bonchev–Trinajstić information content (AvgIpc) is 3.26. The molecule has 3 aromatic carbocycles. The van der Waals surface area contributed by atoms with Crippen LogP contribution in [0.25, 0.3) is 11.2 Å². The van der Waals surface area contributed by atoms with Crippen LogP contribution in [0.1, 0.15) is 0 Å². The van der Waals surface area contributed by atoms with Crippen molar-refractivity contribution in [1.82, 2.24) is 19.4 Å². The van der Waals surface area contributed by atoms with Gasteiger partial charge in [0, 0.05) is 5.97 Å². The van der Waals surface area contributed by atoms with Crippen LogP contribution in [0.5, 0.6) is 0 Å². The second-order valence-electron chi connectivity index (χ2n) is 6.96. The highest BCUT2D eigenvalue weighted by molar-refractivity contribution is 8.01. The molecule has 0 unspecified atom stereocenters. The zero-order chi connectivity index (χ0) is 21.1. The van der Waals surface area contributed by atoms with Crippen LogP contribution in [-0.4, -0.2) is 26.8 Å². The minimum Gasteiger partial charge on any atom is -0.349 e. The summed E-state index contributed by atoms with van der Waals surface area (Å²) >= 11 is 0. The average molecular weight is 417 g/mol. The van der Waals surface area contributed by atoms with Gasteiger partial charge in [0.1, 0.15) is 22.2 Å². The van der Waals surface area contributed by atoms with E-state index in [1.54, 1.807) is 17.1 Å². The summed E-state index contributed by atoms with van der Waals surface area (Å²) < 4.78 is 1.65. The van der Waals surface area contributed by atoms with Crippen molar-refractivity contribution < 1.29 is 0 Å². The summed E-state index contributed by atoms with van der Waals surface area (Å²) in [4.78, 5) is 14.0. The molecule has 0 bridgehead atoms. The molecule has 0 aliphatic heterocycles. The lowest BCUT2D eigenvalue weighted by molar-refractivity contribution is 1.17. The molecule has 145 valence electrons. The van der Waals surface area contributed by atoms with E-state index < -0.39 is 7.26 Å². The number of imidazole rings is 1. The monoisotopic (exact) mass is 417 g/mol. The van der Waals surface area contributed by atoms with Gasteiger partial charge in [-0.25, -0.2) is 15.2 Å². The van der Waals surface area contributed by atoms with Gasteiger partial charge in [-0.1, -0.05) is 54.6 Å². The van der Waals surface area contributed by atoms with E-state index in [-0.39, 0.29) is 0 Å².